The molecular weight excluding hydrogens is 142 g/mol. The number of pyridine rings is 1. The van der Waals surface area contributed by atoms with E-state index in [4.69, 9.17) is 4.11 Å². The van der Waals surface area contributed by atoms with E-state index in [-0.39, 0.29) is 11.1 Å². The van der Waals surface area contributed by atoms with Crippen molar-refractivity contribution in [1.82, 2.24) is 4.98 Å². The number of aromatic nitrogens is 1. The Balaban J connectivity index is 3.08. The summed E-state index contributed by atoms with van der Waals surface area (Å²) in [4.78, 5) is 14.7. The lowest BCUT2D eigenvalue weighted by Gasteiger charge is -1.97. The molecule has 3 nitrogen and oxygen atoms in total. The fourth-order valence-electron chi connectivity index (χ4n) is 0.669. The first-order chi connectivity index (χ1) is 6.45. The number of rotatable bonds is 1. The molecule has 0 N–H and O–H groups in total. The molecule has 0 bridgehead atoms. The van der Waals surface area contributed by atoms with Crippen molar-refractivity contribution in [3.8, 4) is 0 Å². The van der Waals surface area contributed by atoms with Gasteiger partial charge in [0.25, 0.3) is 0 Å². The van der Waals surface area contributed by atoms with Crippen molar-refractivity contribution in [1.29, 1.82) is 0 Å². The van der Waals surface area contributed by atoms with Crippen molar-refractivity contribution in [2.45, 2.75) is 6.85 Å². The molecule has 1 aromatic heterocycles. The van der Waals surface area contributed by atoms with Crippen molar-refractivity contribution >= 4 is 5.97 Å². The third-order valence-corrected chi connectivity index (χ3v) is 1.16. The lowest BCUT2D eigenvalue weighted by molar-refractivity contribution is 0.0600. The highest BCUT2D eigenvalue weighted by Crippen LogP contribution is 2.01. The minimum atomic E-state index is -2.25. The second kappa shape index (κ2) is 3.14. The SMILES string of the molecule is [2H]C([2H])([2H])c1cncc(C(=O)OC)c1. The Kier molecular flexibility index (Phi) is 1.28. The molecule has 0 unspecified atom stereocenters. The van der Waals surface area contributed by atoms with Gasteiger partial charge in [0.2, 0.25) is 0 Å². The van der Waals surface area contributed by atoms with Gasteiger partial charge in [-0.1, -0.05) is 0 Å². The summed E-state index contributed by atoms with van der Waals surface area (Å²) < 4.78 is 25.8. The largest absolute Gasteiger partial charge is 0.465 e. The molecule has 0 saturated carbocycles. The standard InChI is InChI=1S/C8H9NO2/c1-6-3-7(5-9-4-6)8(10)11-2/h3-5H,1-2H3/i1D3. The van der Waals surface area contributed by atoms with Gasteiger partial charge in [-0.15, -0.1) is 0 Å². The molecule has 0 atom stereocenters. The fraction of sp³-hybridized carbons (Fsp3) is 0.250. The van der Waals surface area contributed by atoms with E-state index < -0.39 is 12.8 Å². The van der Waals surface area contributed by atoms with E-state index in [0.29, 0.717) is 0 Å². The molecule has 1 rings (SSSR count). The van der Waals surface area contributed by atoms with E-state index in [0.717, 1.165) is 0 Å². The predicted molar refractivity (Wildman–Crippen MR) is 40.3 cm³/mol. The van der Waals surface area contributed by atoms with Crippen LogP contribution in [-0.4, -0.2) is 18.1 Å². The minimum absolute atomic E-state index is 0.0281. The number of methoxy groups -OCH3 is 1. The number of esters is 1. The van der Waals surface area contributed by atoms with Gasteiger partial charge < -0.3 is 4.74 Å². The van der Waals surface area contributed by atoms with Crippen LogP contribution in [0.3, 0.4) is 0 Å². The third-order valence-electron chi connectivity index (χ3n) is 1.16. The molecule has 0 aliphatic carbocycles. The summed E-state index contributed by atoms with van der Waals surface area (Å²) in [6.45, 7) is -2.25. The van der Waals surface area contributed by atoms with Gasteiger partial charge >= 0.3 is 5.97 Å². The Hall–Kier alpha value is -1.38. The molecule has 1 aromatic rings. The van der Waals surface area contributed by atoms with Crippen LogP contribution in [0.5, 0.6) is 0 Å². The highest BCUT2D eigenvalue weighted by atomic mass is 16.5. The molecule has 0 amide bonds. The van der Waals surface area contributed by atoms with Crippen LogP contribution >= 0.6 is 0 Å². The highest BCUT2D eigenvalue weighted by molar-refractivity contribution is 5.88. The number of hydrogen-bond donors (Lipinski definition) is 0. The number of nitrogens with zero attached hydrogens (tertiary/aromatic N) is 1. The van der Waals surface area contributed by atoms with Crippen LogP contribution in [0.2, 0.25) is 0 Å². The molecular formula is C8H9NO2. The van der Waals surface area contributed by atoms with Gasteiger partial charge in [0.15, 0.2) is 0 Å². The van der Waals surface area contributed by atoms with E-state index in [1.807, 2.05) is 0 Å². The van der Waals surface area contributed by atoms with Crippen molar-refractivity contribution in [3.05, 3.63) is 29.6 Å². The van der Waals surface area contributed by atoms with Crippen LogP contribution in [0.25, 0.3) is 0 Å². The second-order valence-electron chi connectivity index (χ2n) is 1.95. The predicted octanol–water partition coefficient (Wildman–Crippen LogP) is 1.18. The molecule has 11 heavy (non-hydrogen) atoms. The Labute approximate surface area is 69.2 Å². The van der Waals surface area contributed by atoms with Crippen LogP contribution in [0.1, 0.15) is 20.0 Å². The van der Waals surface area contributed by atoms with Gasteiger partial charge in [-0.05, 0) is 18.5 Å². The maximum atomic E-state index is 11.0. The molecule has 0 aromatic carbocycles. The number of carbonyl (C=O) groups excluding carboxylic acids is 1. The monoisotopic (exact) mass is 154 g/mol. The molecule has 0 saturated heterocycles. The lowest BCUT2D eigenvalue weighted by atomic mass is 10.2. The van der Waals surface area contributed by atoms with Gasteiger partial charge in [-0.25, -0.2) is 4.79 Å². The minimum Gasteiger partial charge on any atom is -0.465 e. The molecule has 58 valence electrons. The number of carbonyl (C=O) groups is 1. The first-order valence-electron chi connectivity index (χ1n) is 4.49. The van der Waals surface area contributed by atoms with Crippen molar-refractivity contribution < 1.29 is 13.6 Å². The maximum Gasteiger partial charge on any atom is 0.339 e. The van der Waals surface area contributed by atoms with Gasteiger partial charge in [-0.3, -0.25) is 4.98 Å². The maximum absolute atomic E-state index is 11.0. The smallest absolute Gasteiger partial charge is 0.339 e. The molecule has 0 aliphatic heterocycles. The summed E-state index contributed by atoms with van der Waals surface area (Å²) in [7, 11) is 1.23. The Morgan fingerprint density at radius 3 is 3.18 bits per heavy atom. The lowest BCUT2D eigenvalue weighted by Crippen LogP contribution is -2.01. The average Bonchev–Trinajstić information content (AvgIpc) is 2.15. The van der Waals surface area contributed by atoms with E-state index in [1.165, 1.54) is 25.6 Å². The Bertz CT molecular complexity index is 349. The summed E-state index contributed by atoms with van der Waals surface area (Å²) >= 11 is 0. The van der Waals surface area contributed by atoms with E-state index in [9.17, 15) is 4.79 Å². The quantitative estimate of drug-likeness (QED) is 0.570. The van der Waals surface area contributed by atoms with Crippen LogP contribution in [0.4, 0.5) is 0 Å². The molecule has 0 radical (unpaired) electrons. The van der Waals surface area contributed by atoms with Crippen LogP contribution < -0.4 is 0 Å². The summed E-state index contributed by atoms with van der Waals surface area (Å²) in [5.41, 5.74) is 0.168. The zero-order chi connectivity index (χ0) is 10.8. The molecule has 0 spiro atoms. The van der Waals surface area contributed by atoms with E-state index >= 15 is 0 Å². The number of hydrogen-bond acceptors (Lipinski definition) is 3. The van der Waals surface area contributed by atoms with Gasteiger partial charge in [0, 0.05) is 16.5 Å². The molecule has 3 heteroatoms. The summed E-state index contributed by atoms with van der Waals surface area (Å²) in [5, 5.41) is 0. The van der Waals surface area contributed by atoms with Gasteiger partial charge in [0.05, 0.1) is 12.7 Å². The number of ether oxygens (including phenoxy) is 1. The number of aryl methyl sites for hydroxylation is 1. The summed E-state index contributed by atoms with van der Waals surface area (Å²) in [6.07, 6.45) is 2.47. The van der Waals surface area contributed by atoms with Gasteiger partial charge in [-0.2, -0.15) is 0 Å². The average molecular weight is 154 g/mol. The fourth-order valence-corrected chi connectivity index (χ4v) is 0.669. The third kappa shape index (κ3) is 1.77. The first kappa shape index (κ1) is 4.49. The van der Waals surface area contributed by atoms with Crippen molar-refractivity contribution in [3.63, 3.8) is 0 Å². The van der Waals surface area contributed by atoms with Crippen LogP contribution in [0.15, 0.2) is 18.5 Å². The summed E-state index contributed by atoms with van der Waals surface area (Å²) in [5.74, 6) is -0.594. The molecule has 1 heterocycles. The highest BCUT2D eigenvalue weighted by Gasteiger charge is 2.03. The molecule has 0 fully saturated rings. The van der Waals surface area contributed by atoms with E-state index in [2.05, 4.69) is 9.72 Å². The topological polar surface area (TPSA) is 39.2 Å². The first-order valence-corrected chi connectivity index (χ1v) is 2.99. The van der Waals surface area contributed by atoms with Crippen molar-refractivity contribution in [2.24, 2.45) is 0 Å². The Morgan fingerprint density at radius 1 is 1.73 bits per heavy atom. The zero-order valence-corrected chi connectivity index (χ0v) is 6.00. The van der Waals surface area contributed by atoms with Crippen molar-refractivity contribution in [2.75, 3.05) is 7.11 Å². The second-order valence-corrected chi connectivity index (χ2v) is 1.95. The summed E-state index contributed by atoms with van der Waals surface area (Å²) in [6, 6.07) is 1.26. The molecule has 0 aliphatic rings. The van der Waals surface area contributed by atoms with Gasteiger partial charge in [0.1, 0.15) is 0 Å². The van der Waals surface area contributed by atoms with Crippen LogP contribution in [-0.2, 0) is 4.74 Å². The van der Waals surface area contributed by atoms with E-state index in [1.54, 1.807) is 0 Å². The zero-order valence-electron chi connectivity index (χ0n) is 9.00. The normalized spacial score (nSPS) is 14.5. The van der Waals surface area contributed by atoms with Crippen LogP contribution in [0, 0.1) is 6.85 Å². The Morgan fingerprint density at radius 2 is 2.55 bits per heavy atom.